The van der Waals surface area contributed by atoms with Crippen LogP contribution in [0.25, 0.3) is 0 Å². The summed E-state index contributed by atoms with van der Waals surface area (Å²) in [4.78, 5) is 23.5. The lowest BCUT2D eigenvalue weighted by atomic mass is 9.99. The number of nitrogens with one attached hydrogen (secondary N) is 3. The molecule has 6 heteroatoms. The fraction of sp³-hybridized carbons (Fsp3) is 0.556. The lowest BCUT2D eigenvalue weighted by Gasteiger charge is -2.15. The van der Waals surface area contributed by atoms with Crippen molar-refractivity contribution >= 4 is 11.9 Å². The van der Waals surface area contributed by atoms with Gasteiger partial charge in [0, 0.05) is 25.2 Å². The van der Waals surface area contributed by atoms with Crippen LogP contribution in [0.15, 0.2) is 24.3 Å². The van der Waals surface area contributed by atoms with E-state index in [1.165, 1.54) is 30.7 Å². The van der Waals surface area contributed by atoms with Crippen molar-refractivity contribution in [3.8, 4) is 0 Å². The number of carbonyl (C=O) groups excluding carboxylic acids is 2. The summed E-state index contributed by atoms with van der Waals surface area (Å²) in [5, 5.41) is 8.25. The Bertz CT molecular complexity index is 505. The number of halogens is 1. The monoisotopic (exact) mass is 337 g/mol. The second-order valence-electron chi connectivity index (χ2n) is 5.82. The molecule has 0 saturated heterocycles. The number of hydrogen-bond acceptors (Lipinski definition) is 2. The topological polar surface area (TPSA) is 70.2 Å². The highest BCUT2D eigenvalue weighted by atomic mass is 19.1. The molecule has 3 N–H and O–H groups in total. The summed E-state index contributed by atoms with van der Waals surface area (Å²) >= 11 is 0. The Morgan fingerprint density at radius 2 is 1.71 bits per heavy atom. The first-order valence-corrected chi connectivity index (χ1v) is 8.62. The number of rotatable bonds is 10. The van der Waals surface area contributed by atoms with Gasteiger partial charge < -0.3 is 16.0 Å². The van der Waals surface area contributed by atoms with Crippen LogP contribution >= 0.6 is 0 Å². The van der Waals surface area contributed by atoms with Crippen molar-refractivity contribution in [2.24, 2.45) is 5.92 Å². The van der Waals surface area contributed by atoms with Gasteiger partial charge in [0.15, 0.2) is 0 Å². The van der Waals surface area contributed by atoms with Crippen LogP contribution in [-0.2, 0) is 0 Å². The summed E-state index contributed by atoms with van der Waals surface area (Å²) in [7, 11) is 0. The maximum absolute atomic E-state index is 12.8. The molecule has 134 valence electrons. The molecular formula is C18H28FN3O2. The molecule has 0 saturated carbocycles. The average Bonchev–Trinajstić information content (AvgIpc) is 2.59. The summed E-state index contributed by atoms with van der Waals surface area (Å²) in [6.07, 6.45) is 4.52. The van der Waals surface area contributed by atoms with Gasteiger partial charge in [-0.15, -0.1) is 0 Å². The molecule has 5 nitrogen and oxygen atoms in total. The van der Waals surface area contributed by atoms with Gasteiger partial charge in [-0.2, -0.15) is 0 Å². The predicted molar refractivity (Wildman–Crippen MR) is 93.4 cm³/mol. The average molecular weight is 337 g/mol. The van der Waals surface area contributed by atoms with E-state index in [4.69, 9.17) is 0 Å². The Labute approximate surface area is 143 Å². The van der Waals surface area contributed by atoms with E-state index in [9.17, 15) is 14.0 Å². The molecule has 0 aliphatic rings. The molecule has 0 bridgehead atoms. The Morgan fingerprint density at radius 3 is 2.33 bits per heavy atom. The zero-order chi connectivity index (χ0) is 17.8. The van der Waals surface area contributed by atoms with Crippen molar-refractivity contribution in [1.29, 1.82) is 0 Å². The molecule has 1 atom stereocenters. The van der Waals surface area contributed by atoms with E-state index < -0.39 is 0 Å². The van der Waals surface area contributed by atoms with Crippen molar-refractivity contribution in [3.63, 3.8) is 0 Å². The van der Waals surface area contributed by atoms with E-state index in [0.29, 0.717) is 31.1 Å². The standard InChI is InChI=1S/C18H28FN3O2/c1-3-5-6-14(4-2)13-22-18(24)21-12-11-20-17(23)15-7-9-16(19)10-8-15/h7-10,14H,3-6,11-13H2,1-2H3,(H,20,23)(H2,21,22,24). The minimum atomic E-state index is -0.380. The van der Waals surface area contributed by atoms with E-state index >= 15 is 0 Å². The molecule has 3 amide bonds. The fourth-order valence-electron chi connectivity index (χ4n) is 2.30. The van der Waals surface area contributed by atoms with E-state index in [1.807, 2.05) is 0 Å². The second-order valence-corrected chi connectivity index (χ2v) is 5.82. The second kappa shape index (κ2) is 11.4. The van der Waals surface area contributed by atoms with Crippen molar-refractivity contribution in [1.82, 2.24) is 16.0 Å². The molecule has 0 fully saturated rings. The molecule has 1 unspecified atom stereocenters. The van der Waals surface area contributed by atoms with Gasteiger partial charge in [-0.05, 0) is 36.6 Å². The Balaban J connectivity index is 2.16. The van der Waals surface area contributed by atoms with Gasteiger partial charge in [-0.25, -0.2) is 9.18 Å². The van der Waals surface area contributed by atoms with E-state index in [-0.39, 0.29) is 17.8 Å². The third-order valence-corrected chi connectivity index (χ3v) is 3.90. The van der Waals surface area contributed by atoms with Crippen molar-refractivity contribution in [2.45, 2.75) is 39.5 Å². The predicted octanol–water partition coefficient (Wildman–Crippen LogP) is 3.07. The Hall–Kier alpha value is -2.11. The number of unbranched alkanes of at least 4 members (excludes halogenated alkanes) is 1. The van der Waals surface area contributed by atoms with Crippen molar-refractivity contribution in [2.75, 3.05) is 19.6 Å². The zero-order valence-corrected chi connectivity index (χ0v) is 14.5. The van der Waals surface area contributed by atoms with Gasteiger partial charge in [0.2, 0.25) is 0 Å². The van der Waals surface area contributed by atoms with E-state index in [1.54, 1.807) is 0 Å². The largest absolute Gasteiger partial charge is 0.350 e. The summed E-state index contributed by atoms with van der Waals surface area (Å²) in [5.74, 6) is -0.161. The quantitative estimate of drug-likeness (QED) is 0.574. The molecule has 0 heterocycles. The molecule has 1 aromatic carbocycles. The molecule has 1 rings (SSSR count). The molecule has 0 aliphatic heterocycles. The molecule has 0 aromatic heterocycles. The van der Waals surface area contributed by atoms with Crippen LogP contribution in [0, 0.1) is 11.7 Å². The minimum Gasteiger partial charge on any atom is -0.350 e. The van der Waals surface area contributed by atoms with Crippen LogP contribution in [0.4, 0.5) is 9.18 Å². The molecule has 1 aromatic rings. The lowest BCUT2D eigenvalue weighted by molar-refractivity contribution is 0.0954. The highest BCUT2D eigenvalue weighted by Gasteiger charge is 2.08. The van der Waals surface area contributed by atoms with Gasteiger partial charge in [0.1, 0.15) is 5.82 Å². The van der Waals surface area contributed by atoms with E-state index in [0.717, 1.165) is 19.3 Å². The molecule has 0 aliphatic carbocycles. The summed E-state index contributed by atoms with van der Waals surface area (Å²) in [5.41, 5.74) is 0.391. The summed E-state index contributed by atoms with van der Waals surface area (Å²) in [6.45, 7) is 5.61. The normalized spacial score (nSPS) is 11.6. The maximum atomic E-state index is 12.8. The molecule has 24 heavy (non-hydrogen) atoms. The SMILES string of the molecule is CCCCC(CC)CNC(=O)NCCNC(=O)c1ccc(F)cc1. The number of urea groups is 1. The van der Waals surface area contributed by atoms with Gasteiger partial charge in [-0.3, -0.25) is 4.79 Å². The zero-order valence-electron chi connectivity index (χ0n) is 14.5. The molecule has 0 spiro atoms. The fourth-order valence-corrected chi connectivity index (χ4v) is 2.30. The van der Waals surface area contributed by atoms with Crippen LogP contribution in [0.1, 0.15) is 49.9 Å². The number of benzene rings is 1. The summed E-state index contributed by atoms with van der Waals surface area (Å²) < 4.78 is 12.8. The van der Waals surface area contributed by atoms with Crippen LogP contribution in [0.5, 0.6) is 0 Å². The highest BCUT2D eigenvalue weighted by Crippen LogP contribution is 2.10. The van der Waals surface area contributed by atoms with E-state index in [2.05, 4.69) is 29.8 Å². The van der Waals surface area contributed by atoms with Crippen LogP contribution in [0.3, 0.4) is 0 Å². The molecular weight excluding hydrogens is 309 g/mol. The highest BCUT2D eigenvalue weighted by molar-refractivity contribution is 5.94. The van der Waals surface area contributed by atoms with Gasteiger partial charge in [0.25, 0.3) is 5.91 Å². The number of hydrogen-bond donors (Lipinski definition) is 3. The lowest BCUT2D eigenvalue weighted by Crippen LogP contribution is -2.41. The minimum absolute atomic E-state index is 0.221. The first-order chi connectivity index (χ1) is 11.6. The smallest absolute Gasteiger partial charge is 0.314 e. The van der Waals surface area contributed by atoms with Gasteiger partial charge in [-0.1, -0.05) is 33.1 Å². The van der Waals surface area contributed by atoms with Crippen LogP contribution in [0.2, 0.25) is 0 Å². The third-order valence-electron chi connectivity index (χ3n) is 3.90. The van der Waals surface area contributed by atoms with Gasteiger partial charge >= 0.3 is 6.03 Å². The van der Waals surface area contributed by atoms with Crippen LogP contribution < -0.4 is 16.0 Å². The number of amides is 3. The Kier molecular flexibility index (Phi) is 9.49. The first-order valence-electron chi connectivity index (χ1n) is 8.62. The summed E-state index contributed by atoms with van der Waals surface area (Å²) in [6, 6.07) is 5.10. The third kappa shape index (κ3) is 7.94. The van der Waals surface area contributed by atoms with Crippen molar-refractivity contribution in [3.05, 3.63) is 35.6 Å². The first kappa shape index (κ1) is 19.9. The Morgan fingerprint density at radius 1 is 1.04 bits per heavy atom. The molecule has 0 radical (unpaired) electrons. The maximum Gasteiger partial charge on any atom is 0.314 e. The number of carbonyl (C=O) groups is 2. The van der Waals surface area contributed by atoms with Crippen molar-refractivity contribution < 1.29 is 14.0 Å². The van der Waals surface area contributed by atoms with Crippen LogP contribution in [-0.4, -0.2) is 31.6 Å². The van der Waals surface area contributed by atoms with Gasteiger partial charge in [0.05, 0.1) is 0 Å².